The zero-order valence-corrected chi connectivity index (χ0v) is 13.3. The second-order valence-corrected chi connectivity index (χ2v) is 7.06. The molecule has 0 aromatic rings. The van der Waals surface area contributed by atoms with E-state index < -0.39 is 30.0 Å². The van der Waals surface area contributed by atoms with Crippen LogP contribution in [0.5, 0.6) is 0 Å². The van der Waals surface area contributed by atoms with E-state index in [0.717, 1.165) is 0 Å². The second-order valence-electron chi connectivity index (χ2n) is 7.06. The molecule has 1 heterocycles. The summed E-state index contributed by atoms with van der Waals surface area (Å²) in [7, 11) is -0.475. The van der Waals surface area contributed by atoms with E-state index in [0.29, 0.717) is 0 Å². The maximum atomic E-state index is 11.7. The number of nitrogens with one attached hydrogen (secondary N) is 1. The Hall–Kier alpha value is -0.745. The van der Waals surface area contributed by atoms with Gasteiger partial charge in [-0.15, -0.1) is 0 Å². The molecule has 1 fully saturated rings. The van der Waals surface area contributed by atoms with Gasteiger partial charge < -0.3 is 19.4 Å². The minimum Gasteiger partial charge on any atom is -0.444 e. The van der Waals surface area contributed by atoms with Crippen molar-refractivity contribution in [2.75, 3.05) is 0 Å². The standard InChI is InChI=1S/C13H26BNO4/c1-9(15-10(16)17-11(2,3)4)14-18-12(5,6)13(7,8)19-14/h9H,1-8H3,(H,15,16)/t9-/m1/s1. The molecule has 0 aromatic carbocycles. The van der Waals surface area contributed by atoms with Gasteiger partial charge in [0.1, 0.15) is 5.60 Å². The highest BCUT2D eigenvalue weighted by Crippen LogP contribution is 2.37. The predicted molar refractivity (Wildman–Crippen MR) is 74.9 cm³/mol. The molecule has 1 atom stereocenters. The van der Waals surface area contributed by atoms with Crippen molar-refractivity contribution in [3.05, 3.63) is 0 Å². The summed E-state index contributed by atoms with van der Waals surface area (Å²) in [5.41, 5.74) is -1.32. The summed E-state index contributed by atoms with van der Waals surface area (Å²) in [5.74, 6) is -0.282. The van der Waals surface area contributed by atoms with E-state index in [1.807, 2.05) is 55.4 Å². The van der Waals surface area contributed by atoms with Crippen LogP contribution >= 0.6 is 0 Å². The minimum absolute atomic E-state index is 0.282. The third-order valence-electron chi connectivity index (χ3n) is 3.42. The fraction of sp³-hybridized carbons (Fsp3) is 0.923. The first-order valence-corrected chi connectivity index (χ1v) is 6.69. The lowest BCUT2D eigenvalue weighted by atomic mass is 9.80. The van der Waals surface area contributed by atoms with E-state index in [9.17, 15) is 4.79 Å². The number of carbonyl (C=O) groups is 1. The average molecular weight is 271 g/mol. The number of alkyl carbamates (subject to hydrolysis) is 1. The first kappa shape index (κ1) is 16.3. The van der Waals surface area contributed by atoms with Gasteiger partial charge >= 0.3 is 13.2 Å². The van der Waals surface area contributed by atoms with Crippen molar-refractivity contribution in [1.82, 2.24) is 5.32 Å². The molecule has 1 amide bonds. The van der Waals surface area contributed by atoms with Crippen LogP contribution in [-0.4, -0.2) is 36.0 Å². The van der Waals surface area contributed by atoms with E-state index >= 15 is 0 Å². The summed E-state index contributed by atoms with van der Waals surface area (Å²) in [6.07, 6.45) is -0.463. The largest absolute Gasteiger partial charge is 0.481 e. The van der Waals surface area contributed by atoms with Crippen LogP contribution in [0.2, 0.25) is 0 Å². The van der Waals surface area contributed by atoms with Crippen LogP contribution < -0.4 is 5.32 Å². The molecule has 0 bridgehead atoms. The maximum Gasteiger partial charge on any atom is 0.481 e. The number of amides is 1. The molecule has 0 unspecified atom stereocenters. The molecule has 19 heavy (non-hydrogen) atoms. The van der Waals surface area contributed by atoms with E-state index in [4.69, 9.17) is 14.0 Å². The molecular weight excluding hydrogens is 245 g/mol. The van der Waals surface area contributed by atoms with Crippen LogP contribution in [0.3, 0.4) is 0 Å². The highest BCUT2D eigenvalue weighted by atomic mass is 16.7. The lowest BCUT2D eigenvalue weighted by molar-refractivity contribution is 0.00578. The van der Waals surface area contributed by atoms with Gasteiger partial charge in [-0.1, -0.05) is 0 Å². The highest BCUT2D eigenvalue weighted by Gasteiger charge is 2.53. The molecule has 0 radical (unpaired) electrons. The Labute approximate surface area is 116 Å². The fourth-order valence-electron chi connectivity index (χ4n) is 1.65. The van der Waals surface area contributed by atoms with Crippen LogP contribution in [0.15, 0.2) is 0 Å². The number of rotatable bonds is 2. The molecule has 1 N–H and O–H groups in total. The van der Waals surface area contributed by atoms with Crippen molar-refractivity contribution in [2.24, 2.45) is 0 Å². The molecule has 0 saturated carbocycles. The van der Waals surface area contributed by atoms with Crippen LogP contribution in [0.25, 0.3) is 0 Å². The van der Waals surface area contributed by atoms with Crippen molar-refractivity contribution >= 4 is 13.2 Å². The summed E-state index contributed by atoms with van der Waals surface area (Å²) in [6, 6.07) is 0. The molecule has 1 aliphatic heterocycles. The summed E-state index contributed by atoms with van der Waals surface area (Å²) in [5, 5.41) is 2.74. The number of hydrogen-bond acceptors (Lipinski definition) is 4. The lowest BCUT2D eigenvalue weighted by Gasteiger charge is -2.32. The van der Waals surface area contributed by atoms with Gasteiger partial charge in [0.05, 0.1) is 17.1 Å². The third kappa shape index (κ3) is 4.11. The van der Waals surface area contributed by atoms with Crippen LogP contribution in [-0.2, 0) is 14.0 Å². The molecule has 1 saturated heterocycles. The van der Waals surface area contributed by atoms with E-state index in [-0.39, 0.29) is 5.94 Å². The Kier molecular flexibility index (Phi) is 4.28. The maximum absolute atomic E-state index is 11.7. The number of carbonyl (C=O) groups excluding carboxylic acids is 1. The van der Waals surface area contributed by atoms with Gasteiger partial charge in [-0.25, -0.2) is 4.79 Å². The summed E-state index contributed by atoms with van der Waals surface area (Å²) in [4.78, 5) is 11.7. The third-order valence-corrected chi connectivity index (χ3v) is 3.42. The van der Waals surface area contributed by atoms with Gasteiger partial charge in [0, 0.05) is 0 Å². The monoisotopic (exact) mass is 271 g/mol. The molecule has 0 spiro atoms. The van der Waals surface area contributed by atoms with E-state index in [2.05, 4.69) is 5.32 Å². The lowest BCUT2D eigenvalue weighted by Crippen LogP contribution is -2.47. The number of hydrogen-bond donors (Lipinski definition) is 1. The Bertz CT molecular complexity index is 333. The molecule has 0 aromatic heterocycles. The molecule has 6 heteroatoms. The minimum atomic E-state index is -0.514. The fourth-order valence-corrected chi connectivity index (χ4v) is 1.65. The van der Waals surface area contributed by atoms with Crippen molar-refractivity contribution in [3.63, 3.8) is 0 Å². The van der Waals surface area contributed by atoms with Crippen molar-refractivity contribution in [3.8, 4) is 0 Å². The topological polar surface area (TPSA) is 56.8 Å². The van der Waals surface area contributed by atoms with Gasteiger partial charge in [0.15, 0.2) is 0 Å². The first-order chi connectivity index (χ1) is 8.34. The van der Waals surface area contributed by atoms with Gasteiger partial charge in [0.2, 0.25) is 0 Å². The highest BCUT2D eigenvalue weighted by molar-refractivity contribution is 6.47. The normalized spacial score (nSPS) is 23.1. The average Bonchev–Trinajstić information content (AvgIpc) is 2.32. The Morgan fingerprint density at radius 3 is 1.95 bits per heavy atom. The van der Waals surface area contributed by atoms with Crippen molar-refractivity contribution in [2.45, 2.75) is 78.1 Å². The van der Waals surface area contributed by atoms with Crippen LogP contribution in [0, 0.1) is 0 Å². The summed E-state index contributed by atoms with van der Waals surface area (Å²) in [6.45, 7) is 15.2. The van der Waals surface area contributed by atoms with E-state index in [1.165, 1.54) is 0 Å². The van der Waals surface area contributed by atoms with E-state index in [1.54, 1.807) is 0 Å². The molecule has 110 valence electrons. The molecular formula is C13H26BNO4. The van der Waals surface area contributed by atoms with Crippen molar-refractivity contribution < 1.29 is 18.8 Å². The SMILES string of the molecule is C[C@@H](NC(=O)OC(C)(C)C)B1OC(C)(C)C(C)(C)O1. The Morgan fingerprint density at radius 1 is 1.16 bits per heavy atom. The van der Waals surface area contributed by atoms with Crippen LogP contribution in [0.1, 0.15) is 55.4 Å². The van der Waals surface area contributed by atoms with Gasteiger partial charge in [-0.2, -0.15) is 0 Å². The van der Waals surface area contributed by atoms with Gasteiger partial charge in [-0.3, -0.25) is 0 Å². The van der Waals surface area contributed by atoms with Crippen molar-refractivity contribution in [1.29, 1.82) is 0 Å². The zero-order valence-electron chi connectivity index (χ0n) is 13.3. The van der Waals surface area contributed by atoms with Gasteiger partial charge in [-0.05, 0) is 55.4 Å². The van der Waals surface area contributed by atoms with Crippen LogP contribution in [0.4, 0.5) is 4.79 Å². The molecule has 0 aliphatic carbocycles. The Morgan fingerprint density at radius 2 is 1.58 bits per heavy atom. The molecule has 5 nitrogen and oxygen atoms in total. The smallest absolute Gasteiger partial charge is 0.444 e. The number of ether oxygens (including phenoxy) is 1. The predicted octanol–water partition coefficient (Wildman–Crippen LogP) is 2.53. The molecule has 1 aliphatic rings. The summed E-state index contributed by atoms with van der Waals surface area (Å²) >= 11 is 0. The second kappa shape index (κ2) is 4.98. The first-order valence-electron chi connectivity index (χ1n) is 6.69. The zero-order chi connectivity index (χ0) is 15.1. The Balaban J connectivity index is 2.57. The molecule has 1 rings (SSSR count). The summed E-state index contributed by atoms with van der Waals surface area (Å²) < 4.78 is 16.9. The quantitative estimate of drug-likeness (QED) is 0.784. The van der Waals surface area contributed by atoms with Gasteiger partial charge in [0.25, 0.3) is 0 Å².